The molecule has 0 saturated carbocycles. The maximum atomic E-state index is 12.5. The van der Waals surface area contributed by atoms with Gasteiger partial charge in [0.15, 0.2) is 5.78 Å². The third kappa shape index (κ3) is 4.97. The molecule has 1 atom stereocenters. The van der Waals surface area contributed by atoms with E-state index in [1.54, 1.807) is 0 Å². The first-order chi connectivity index (χ1) is 9.62. The number of carbonyl (C=O) groups is 1. The van der Waals surface area contributed by atoms with Crippen LogP contribution in [0.15, 0.2) is 24.3 Å². The minimum absolute atomic E-state index is 0.138. The van der Waals surface area contributed by atoms with E-state index in [1.165, 1.54) is 0 Å². The van der Waals surface area contributed by atoms with Crippen LogP contribution in [0.1, 0.15) is 44.5 Å². The van der Waals surface area contributed by atoms with Gasteiger partial charge in [0.1, 0.15) is 5.75 Å². The number of hydrogen-bond donors (Lipinski definition) is 0. The van der Waals surface area contributed by atoms with Gasteiger partial charge in [-0.15, -0.1) is 0 Å². The molecular weight excluding hydrogens is 250 g/mol. The number of Topliss-reactive ketones (excluding diaryl/α,β-unsaturated/α-hetero) is 1. The monoisotopic (exact) mass is 277 g/mol. The SMILES string of the molecule is CCOc1ccccc1C(=O)CN(CC)CC(C)CC. The van der Waals surface area contributed by atoms with Crippen LogP contribution in [-0.4, -0.2) is 36.9 Å². The Bertz CT molecular complexity index is 417. The van der Waals surface area contributed by atoms with Crippen LogP contribution >= 0.6 is 0 Å². The summed E-state index contributed by atoms with van der Waals surface area (Å²) < 4.78 is 5.54. The summed E-state index contributed by atoms with van der Waals surface area (Å²) in [6.45, 7) is 11.3. The van der Waals surface area contributed by atoms with Crippen LogP contribution in [0.25, 0.3) is 0 Å². The highest BCUT2D eigenvalue weighted by Gasteiger charge is 2.16. The van der Waals surface area contributed by atoms with Gasteiger partial charge >= 0.3 is 0 Å². The largest absolute Gasteiger partial charge is 0.493 e. The summed E-state index contributed by atoms with van der Waals surface area (Å²) in [6.07, 6.45) is 1.14. The van der Waals surface area contributed by atoms with Crippen molar-refractivity contribution in [2.75, 3.05) is 26.2 Å². The normalized spacial score (nSPS) is 12.4. The lowest BCUT2D eigenvalue weighted by Gasteiger charge is -2.23. The highest BCUT2D eigenvalue weighted by atomic mass is 16.5. The molecule has 0 aromatic heterocycles. The van der Waals surface area contributed by atoms with Gasteiger partial charge in [0.05, 0.1) is 18.7 Å². The Labute approximate surface area is 122 Å². The summed E-state index contributed by atoms with van der Waals surface area (Å²) in [5.74, 6) is 1.45. The van der Waals surface area contributed by atoms with Crippen molar-refractivity contribution in [2.24, 2.45) is 5.92 Å². The quantitative estimate of drug-likeness (QED) is 0.645. The average molecular weight is 277 g/mol. The molecule has 0 aliphatic carbocycles. The maximum Gasteiger partial charge on any atom is 0.180 e. The van der Waals surface area contributed by atoms with Crippen molar-refractivity contribution in [2.45, 2.75) is 34.1 Å². The standard InChI is InChI=1S/C17H27NO2/c1-5-14(4)12-18(6-2)13-16(19)15-10-8-9-11-17(15)20-7-3/h8-11,14H,5-7,12-13H2,1-4H3. The lowest BCUT2D eigenvalue weighted by Crippen LogP contribution is -2.33. The van der Waals surface area contributed by atoms with E-state index in [0.29, 0.717) is 30.4 Å². The van der Waals surface area contributed by atoms with E-state index in [1.807, 2.05) is 31.2 Å². The zero-order valence-electron chi connectivity index (χ0n) is 13.2. The molecule has 3 nitrogen and oxygen atoms in total. The van der Waals surface area contributed by atoms with Crippen LogP contribution in [0.5, 0.6) is 5.75 Å². The molecule has 0 fully saturated rings. The molecule has 0 heterocycles. The number of benzene rings is 1. The second-order valence-electron chi connectivity index (χ2n) is 5.19. The Morgan fingerprint density at radius 1 is 1.25 bits per heavy atom. The van der Waals surface area contributed by atoms with Crippen molar-refractivity contribution >= 4 is 5.78 Å². The van der Waals surface area contributed by atoms with Crippen LogP contribution in [0.3, 0.4) is 0 Å². The van der Waals surface area contributed by atoms with Crippen molar-refractivity contribution in [3.8, 4) is 5.75 Å². The minimum atomic E-state index is 0.138. The molecule has 0 aliphatic heterocycles. The van der Waals surface area contributed by atoms with Gasteiger partial charge in [-0.05, 0) is 31.5 Å². The smallest absolute Gasteiger partial charge is 0.180 e. The second-order valence-corrected chi connectivity index (χ2v) is 5.19. The molecule has 1 aromatic rings. The van der Waals surface area contributed by atoms with Gasteiger partial charge in [0.25, 0.3) is 0 Å². The molecular formula is C17H27NO2. The number of carbonyl (C=O) groups excluding carboxylic acids is 1. The third-order valence-corrected chi connectivity index (χ3v) is 3.57. The predicted octanol–water partition coefficient (Wildman–Crippen LogP) is 3.64. The van der Waals surface area contributed by atoms with E-state index < -0.39 is 0 Å². The van der Waals surface area contributed by atoms with Crippen LogP contribution in [0, 0.1) is 5.92 Å². The summed E-state index contributed by atoms with van der Waals surface area (Å²) in [5.41, 5.74) is 0.692. The highest BCUT2D eigenvalue weighted by Crippen LogP contribution is 2.19. The van der Waals surface area contributed by atoms with Gasteiger partial charge < -0.3 is 4.74 Å². The molecule has 0 aliphatic rings. The molecule has 0 radical (unpaired) electrons. The predicted molar refractivity (Wildman–Crippen MR) is 83.5 cm³/mol. The molecule has 3 heteroatoms. The lowest BCUT2D eigenvalue weighted by atomic mass is 10.1. The molecule has 112 valence electrons. The van der Waals surface area contributed by atoms with Crippen LogP contribution < -0.4 is 4.74 Å². The fourth-order valence-electron chi connectivity index (χ4n) is 2.14. The summed E-state index contributed by atoms with van der Waals surface area (Å²) in [4.78, 5) is 14.7. The lowest BCUT2D eigenvalue weighted by molar-refractivity contribution is 0.0920. The Morgan fingerprint density at radius 3 is 2.55 bits per heavy atom. The van der Waals surface area contributed by atoms with Crippen molar-refractivity contribution < 1.29 is 9.53 Å². The Kier molecular flexibility index (Phi) is 7.31. The highest BCUT2D eigenvalue weighted by molar-refractivity contribution is 6.00. The van der Waals surface area contributed by atoms with Crippen molar-refractivity contribution in [1.82, 2.24) is 4.90 Å². The van der Waals surface area contributed by atoms with Gasteiger partial charge in [-0.3, -0.25) is 9.69 Å². The zero-order valence-corrected chi connectivity index (χ0v) is 13.2. The molecule has 1 aromatic carbocycles. The van der Waals surface area contributed by atoms with E-state index in [9.17, 15) is 4.79 Å². The van der Waals surface area contributed by atoms with Crippen LogP contribution in [0.2, 0.25) is 0 Å². The first-order valence-electron chi connectivity index (χ1n) is 7.59. The summed E-state index contributed by atoms with van der Waals surface area (Å²) in [5, 5.41) is 0. The summed E-state index contributed by atoms with van der Waals surface area (Å²) >= 11 is 0. The third-order valence-electron chi connectivity index (χ3n) is 3.57. The van der Waals surface area contributed by atoms with E-state index >= 15 is 0 Å². The molecule has 0 bridgehead atoms. The van der Waals surface area contributed by atoms with Crippen molar-refractivity contribution in [3.05, 3.63) is 29.8 Å². The molecule has 1 unspecified atom stereocenters. The van der Waals surface area contributed by atoms with Crippen LogP contribution in [0.4, 0.5) is 0 Å². The topological polar surface area (TPSA) is 29.5 Å². The number of rotatable bonds is 9. The van der Waals surface area contributed by atoms with E-state index in [4.69, 9.17) is 4.74 Å². The zero-order chi connectivity index (χ0) is 15.0. The van der Waals surface area contributed by atoms with Crippen LogP contribution in [-0.2, 0) is 0 Å². The van der Waals surface area contributed by atoms with Gasteiger partial charge in [-0.2, -0.15) is 0 Å². The van der Waals surface area contributed by atoms with Gasteiger partial charge in [-0.1, -0.05) is 39.3 Å². The van der Waals surface area contributed by atoms with Crippen molar-refractivity contribution in [3.63, 3.8) is 0 Å². The van der Waals surface area contributed by atoms with E-state index in [-0.39, 0.29) is 5.78 Å². The number of ether oxygens (including phenoxy) is 1. The molecule has 1 rings (SSSR count). The first-order valence-corrected chi connectivity index (χ1v) is 7.59. The van der Waals surface area contributed by atoms with Gasteiger partial charge in [0, 0.05) is 6.54 Å². The Morgan fingerprint density at radius 2 is 1.95 bits per heavy atom. The average Bonchev–Trinajstić information content (AvgIpc) is 2.47. The molecule has 0 saturated heterocycles. The molecule has 0 amide bonds. The number of nitrogens with zero attached hydrogens (tertiary/aromatic N) is 1. The fraction of sp³-hybridized carbons (Fsp3) is 0.588. The van der Waals surface area contributed by atoms with Gasteiger partial charge in [0.2, 0.25) is 0 Å². The van der Waals surface area contributed by atoms with E-state index in [2.05, 4.69) is 25.7 Å². The number of ketones is 1. The first kappa shape index (κ1) is 16.7. The number of para-hydroxylation sites is 1. The van der Waals surface area contributed by atoms with Gasteiger partial charge in [-0.25, -0.2) is 0 Å². The Hall–Kier alpha value is -1.35. The fourth-order valence-corrected chi connectivity index (χ4v) is 2.14. The molecule has 0 spiro atoms. The number of hydrogen-bond acceptors (Lipinski definition) is 3. The maximum absolute atomic E-state index is 12.5. The Balaban J connectivity index is 2.74. The summed E-state index contributed by atoms with van der Waals surface area (Å²) in [6, 6.07) is 7.51. The minimum Gasteiger partial charge on any atom is -0.493 e. The molecule has 20 heavy (non-hydrogen) atoms. The summed E-state index contributed by atoms with van der Waals surface area (Å²) in [7, 11) is 0. The van der Waals surface area contributed by atoms with E-state index in [0.717, 1.165) is 19.5 Å². The molecule has 0 N–H and O–H groups in total. The van der Waals surface area contributed by atoms with Crippen molar-refractivity contribution in [1.29, 1.82) is 0 Å². The number of likely N-dealkylation sites (N-methyl/N-ethyl adjacent to an activating group) is 1. The second kappa shape index (κ2) is 8.75.